The Morgan fingerprint density at radius 3 is 2.60 bits per heavy atom. The second-order valence-corrected chi connectivity index (χ2v) is 5.54. The van der Waals surface area contributed by atoms with Gasteiger partial charge >= 0.3 is 0 Å². The minimum absolute atomic E-state index is 0.429. The van der Waals surface area contributed by atoms with Crippen LogP contribution in [0.5, 0.6) is 0 Å². The molecule has 0 aliphatic rings. The second kappa shape index (κ2) is 6.91. The maximum Gasteiger partial charge on any atom is 0.0596 e. The molecule has 1 aromatic heterocycles. The van der Waals surface area contributed by atoms with Crippen molar-refractivity contribution in [1.82, 2.24) is 15.1 Å². The van der Waals surface area contributed by atoms with Crippen molar-refractivity contribution in [2.45, 2.75) is 32.7 Å². The zero-order valence-corrected chi connectivity index (χ0v) is 13.1. The Hall–Kier alpha value is -1.32. The molecule has 0 bridgehead atoms. The van der Waals surface area contributed by atoms with Gasteiger partial charge in [-0.15, -0.1) is 0 Å². The first kappa shape index (κ1) is 15.1. The summed E-state index contributed by atoms with van der Waals surface area (Å²) in [7, 11) is 1.99. The summed E-state index contributed by atoms with van der Waals surface area (Å²) in [5.41, 5.74) is 3.69. The van der Waals surface area contributed by atoms with Gasteiger partial charge in [0.1, 0.15) is 0 Å². The maximum atomic E-state index is 5.97. The van der Waals surface area contributed by atoms with Crippen LogP contribution in [0.15, 0.2) is 30.3 Å². The van der Waals surface area contributed by atoms with Gasteiger partial charge in [0.05, 0.1) is 5.69 Å². The van der Waals surface area contributed by atoms with Gasteiger partial charge in [-0.25, -0.2) is 0 Å². The molecule has 1 heterocycles. The molecule has 108 valence electrons. The van der Waals surface area contributed by atoms with Gasteiger partial charge in [0.2, 0.25) is 0 Å². The van der Waals surface area contributed by atoms with E-state index in [2.05, 4.69) is 40.2 Å². The SMILES string of the molecule is CCn1nc(C)cc1CC(CNC)c1ccc(Cl)cc1. The van der Waals surface area contributed by atoms with E-state index in [-0.39, 0.29) is 0 Å². The van der Waals surface area contributed by atoms with Gasteiger partial charge in [0.15, 0.2) is 0 Å². The smallest absolute Gasteiger partial charge is 0.0596 e. The number of rotatable bonds is 6. The summed E-state index contributed by atoms with van der Waals surface area (Å²) in [4.78, 5) is 0. The lowest BCUT2D eigenvalue weighted by Gasteiger charge is -2.17. The van der Waals surface area contributed by atoms with Gasteiger partial charge < -0.3 is 5.32 Å². The molecule has 0 aliphatic carbocycles. The molecule has 1 aromatic carbocycles. The molecule has 1 atom stereocenters. The Labute approximate surface area is 126 Å². The minimum Gasteiger partial charge on any atom is -0.319 e. The van der Waals surface area contributed by atoms with Crippen LogP contribution in [0, 0.1) is 6.92 Å². The molecule has 1 N–H and O–H groups in total. The van der Waals surface area contributed by atoms with Crippen molar-refractivity contribution in [3.63, 3.8) is 0 Å². The zero-order valence-electron chi connectivity index (χ0n) is 12.4. The topological polar surface area (TPSA) is 29.9 Å². The fourth-order valence-corrected chi connectivity index (χ4v) is 2.70. The number of likely N-dealkylation sites (N-methyl/N-ethyl adjacent to an activating group) is 1. The van der Waals surface area contributed by atoms with E-state index in [1.165, 1.54) is 11.3 Å². The van der Waals surface area contributed by atoms with Gasteiger partial charge in [-0.3, -0.25) is 4.68 Å². The molecular weight excluding hydrogens is 270 g/mol. The van der Waals surface area contributed by atoms with Gasteiger partial charge in [-0.05, 0) is 51.1 Å². The maximum absolute atomic E-state index is 5.97. The summed E-state index contributed by atoms with van der Waals surface area (Å²) in [5.74, 6) is 0.429. The highest BCUT2D eigenvalue weighted by atomic mass is 35.5. The molecule has 20 heavy (non-hydrogen) atoms. The summed E-state index contributed by atoms with van der Waals surface area (Å²) in [5, 5.41) is 8.59. The van der Waals surface area contributed by atoms with E-state index in [0.717, 1.165) is 30.2 Å². The van der Waals surface area contributed by atoms with E-state index < -0.39 is 0 Å². The van der Waals surface area contributed by atoms with Crippen LogP contribution in [-0.2, 0) is 13.0 Å². The van der Waals surface area contributed by atoms with Crippen molar-refractivity contribution in [3.05, 3.63) is 52.3 Å². The molecule has 2 rings (SSSR count). The van der Waals surface area contributed by atoms with E-state index in [9.17, 15) is 0 Å². The molecular formula is C16H22ClN3. The number of aryl methyl sites for hydroxylation is 2. The van der Waals surface area contributed by atoms with E-state index >= 15 is 0 Å². The number of nitrogens with zero attached hydrogens (tertiary/aromatic N) is 2. The predicted octanol–water partition coefficient (Wildman–Crippen LogP) is 3.41. The van der Waals surface area contributed by atoms with E-state index in [4.69, 9.17) is 11.6 Å². The molecule has 3 nitrogen and oxygen atoms in total. The van der Waals surface area contributed by atoms with Gasteiger partial charge in [0, 0.05) is 29.7 Å². The summed E-state index contributed by atoms with van der Waals surface area (Å²) >= 11 is 5.97. The number of aromatic nitrogens is 2. The Kier molecular flexibility index (Phi) is 5.21. The van der Waals surface area contributed by atoms with Crippen LogP contribution >= 0.6 is 11.6 Å². The van der Waals surface area contributed by atoms with Crippen molar-refractivity contribution < 1.29 is 0 Å². The van der Waals surface area contributed by atoms with E-state index in [1.807, 2.05) is 26.1 Å². The Balaban J connectivity index is 2.22. The van der Waals surface area contributed by atoms with Crippen LogP contribution < -0.4 is 5.32 Å². The molecule has 2 aromatic rings. The summed E-state index contributed by atoms with van der Waals surface area (Å²) < 4.78 is 2.09. The van der Waals surface area contributed by atoms with Crippen molar-refractivity contribution in [2.24, 2.45) is 0 Å². The van der Waals surface area contributed by atoms with Crippen LogP contribution in [0.1, 0.15) is 29.8 Å². The highest BCUT2D eigenvalue weighted by molar-refractivity contribution is 6.30. The number of halogens is 1. The van der Waals surface area contributed by atoms with Crippen molar-refractivity contribution >= 4 is 11.6 Å². The third-order valence-electron chi connectivity index (χ3n) is 3.53. The van der Waals surface area contributed by atoms with Crippen LogP contribution in [0.2, 0.25) is 5.02 Å². The molecule has 4 heteroatoms. The molecule has 0 saturated carbocycles. The number of hydrogen-bond acceptors (Lipinski definition) is 2. The normalized spacial score (nSPS) is 12.6. The fraction of sp³-hybridized carbons (Fsp3) is 0.438. The Bertz CT molecular complexity index is 545. The standard InChI is InChI=1S/C16H22ClN3/c1-4-20-16(9-12(2)19-20)10-14(11-18-3)13-5-7-15(17)8-6-13/h5-9,14,18H,4,10-11H2,1-3H3. The molecule has 0 saturated heterocycles. The molecule has 0 spiro atoms. The van der Waals surface area contributed by atoms with Crippen LogP contribution in [0.3, 0.4) is 0 Å². The monoisotopic (exact) mass is 291 g/mol. The first-order valence-electron chi connectivity index (χ1n) is 7.07. The van der Waals surface area contributed by atoms with Crippen LogP contribution in [0.25, 0.3) is 0 Å². The highest BCUT2D eigenvalue weighted by Gasteiger charge is 2.15. The Morgan fingerprint density at radius 2 is 2.00 bits per heavy atom. The fourth-order valence-electron chi connectivity index (χ4n) is 2.58. The first-order valence-corrected chi connectivity index (χ1v) is 7.45. The summed E-state index contributed by atoms with van der Waals surface area (Å²) in [6.07, 6.45) is 0.983. The quantitative estimate of drug-likeness (QED) is 0.884. The van der Waals surface area contributed by atoms with Crippen LogP contribution in [-0.4, -0.2) is 23.4 Å². The average molecular weight is 292 g/mol. The van der Waals surface area contributed by atoms with Crippen molar-refractivity contribution in [2.75, 3.05) is 13.6 Å². The second-order valence-electron chi connectivity index (χ2n) is 5.10. The number of hydrogen-bond donors (Lipinski definition) is 1. The van der Waals surface area contributed by atoms with Gasteiger partial charge in [-0.2, -0.15) is 5.10 Å². The molecule has 1 unspecified atom stereocenters. The summed E-state index contributed by atoms with van der Waals surface area (Å²) in [6.45, 7) is 6.03. The van der Waals surface area contributed by atoms with Gasteiger partial charge in [-0.1, -0.05) is 23.7 Å². The molecule has 0 fully saturated rings. The minimum atomic E-state index is 0.429. The molecule has 0 radical (unpaired) electrons. The Morgan fingerprint density at radius 1 is 1.30 bits per heavy atom. The number of benzene rings is 1. The van der Waals surface area contributed by atoms with Crippen LogP contribution in [0.4, 0.5) is 0 Å². The van der Waals surface area contributed by atoms with Crippen molar-refractivity contribution in [3.8, 4) is 0 Å². The number of nitrogens with one attached hydrogen (secondary N) is 1. The molecule has 0 aliphatic heterocycles. The third-order valence-corrected chi connectivity index (χ3v) is 3.78. The van der Waals surface area contributed by atoms with Gasteiger partial charge in [0.25, 0.3) is 0 Å². The predicted molar refractivity (Wildman–Crippen MR) is 84.5 cm³/mol. The van der Waals surface area contributed by atoms with Crippen molar-refractivity contribution in [1.29, 1.82) is 0 Å². The lowest BCUT2D eigenvalue weighted by Crippen LogP contribution is -2.20. The lowest BCUT2D eigenvalue weighted by atomic mass is 9.94. The highest BCUT2D eigenvalue weighted by Crippen LogP contribution is 2.22. The average Bonchev–Trinajstić information content (AvgIpc) is 2.79. The third kappa shape index (κ3) is 3.62. The molecule has 0 amide bonds. The zero-order chi connectivity index (χ0) is 14.5. The van der Waals surface area contributed by atoms with E-state index in [1.54, 1.807) is 0 Å². The largest absolute Gasteiger partial charge is 0.319 e. The first-order chi connectivity index (χ1) is 9.63. The van der Waals surface area contributed by atoms with E-state index in [0.29, 0.717) is 5.92 Å². The summed E-state index contributed by atoms with van der Waals surface area (Å²) in [6, 6.07) is 10.3. The lowest BCUT2D eigenvalue weighted by molar-refractivity contribution is 0.563.